The Morgan fingerprint density at radius 3 is 2.57 bits per heavy atom. The van der Waals surface area contributed by atoms with Crippen molar-refractivity contribution < 1.29 is 9.50 Å². The van der Waals surface area contributed by atoms with E-state index in [-0.39, 0.29) is 22.6 Å². The van der Waals surface area contributed by atoms with Crippen LogP contribution in [0.4, 0.5) is 4.39 Å². The van der Waals surface area contributed by atoms with Gasteiger partial charge in [0.05, 0.1) is 5.02 Å². The third-order valence-corrected chi connectivity index (χ3v) is 3.67. The molecule has 2 N–H and O–H groups in total. The minimum absolute atomic E-state index is 0.140. The van der Waals surface area contributed by atoms with Gasteiger partial charge in [-0.3, -0.25) is 0 Å². The maximum atomic E-state index is 14.2. The summed E-state index contributed by atoms with van der Waals surface area (Å²) in [5.41, 5.74) is 1.60. The summed E-state index contributed by atoms with van der Waals surface area (Å²) in [6.45, 7) is 2.87. The zero-order valence-corrected chi connectivity index (χ0v) is 12.7. The van der Waals surface area contributed by atoms with Gasteiger partial charge in [-0.25, -0.2) is 4.39 Å². The summed E-state index contributed by atoms with van der Waals surface area (Å²) in [5.74, 6) is -0.141. The van der Waals surface area contributed by atoms with Crippen LogP contribution in [0.5, 0.6) is 5.75 Å². The van der Waals surface area contributed by atoms with Crippen molar-refractivity contribution in [1.29, 1.82) is 0 Å². The predicted octanol–water partition coefficient (Wildman–Crippen LogP) is 4.47. The average molecular weight is 308 g/mol. The first-order valence-electron chi connectivity index (χ1n) is 7.07. The van der Waals surface area contributed by atoms with Gasteiger partial charge < -0.3 is 10.4 Å². The smallest absolute Gasteiger partial charge is 0.146 e. The molecule has 0 aliphatic carbocycles. The van der Waals surface area contributed by atoms with Crippen LogP contribution in [0, 0.1) is 5.82 Å². The molecule has 1 atom stereocenters. The van der Waals surface area contributed by atoms with Crippen molar-refractivity contribution in [2.45, 2.75) is 25.8 Å². The number of nitrogens with one attached hydrogen (secondary N) is 1. The Morgan fingerprint density at radius 2 is 1.90 bits per heavy atom. The normalized spacial score (nSPS) is 12.3. The minimum Gasteiger partial charge on any atom is -0.508 e. The molecule has 2 aromatic rings. The molecule has 0 fully saturated rings. The molecule has 0 spiro atoms. The summed E-state index contributed by atoms with van der Waals surface area (Å²) in [7, 11) is 0. The molecule has 112 valence electrons. The van der Waals surface area contributed by atoms with Crippen LogP contribution in [0.15, 0.2) is 42.5 Å². The molecular weight excluding hydrogens is 289 g/mol. The molecule has 0 heterocycles. The van der Waals surface area contributed by atoms with Crippen LogP contribution in [-0.4, -0.2) is 11.7 Å². The number of hydrogen-bond donors (Lipinski definition) is 2. The SMILES string of the molecule is CCCNC(Cc1ccc(O)cc1)c1cccc(Cl)c1F. The fraction of sp³-hybridized carbons (Fsp3) is 0.294. The number of phenolic OH excluding ortho intramolecular Hbond substituents is 1. The van der Waals surface area contributed by atoms with Crippen LogP contribution in [0.2, 0.25) is 5.02 Å². The van der Waals surface area contributed by atoms with Crippen molar-refractivity contribution in [2.24, 2.45) is 0 Å². The molecule has 0 aliphatic heterocycles. The lowest BCUT2D eigenvalue weighted by atomic mass is 9.98. The van der Waals surface area contributed by atoms with Crippen molar-refractivity contribution in [3.8, 4) is 5.75 Å². The fourth-order valence-corrected chi connectivity index (χ4v) is 2.45. The van der Waals surface area contributed by atoms with Gasteiger partial charge in [0.25, 0.3) is 0 Å². The molecule has 2 nitrogen and oxygen atoms in total. The van der Waals surface area contributed by atoms with E-state index in [4.69, 9.17) is 11.6 Å². The summed E-state index contributed by atoms with van der Waals surface area (Å²) in [6, 6.07) is 11.9. The van der Waals surface area contributed by atoms with E-state index in [1.54, 1.807) is 30.3 Å². The Kier molecular flexibility index (Phi) is 5.59. The molecule has 0 amide bonds. The van der Waals surface area contributed by atoms with Gasteiger partial charge in [0.1, 0.15) is 11.6 Å². The quantitative estimate of drug-likeness (QED) is 0.825. The molecule has 0 radical (unpaired) electrons. The lowest BCUT2D eigenvalue weighted by Crippen LogP contribution is -2.25. The lowest BCUT2D eigenvalue weighted by Gasteiger charge is -2.20. The van der Waals surface area contributed by atoms with Crippen molar-refractivity contribution in [3.63, 3.8) is 0 Å². The van der Waals surface area contributed by atoms with Gasteiger partial charge in [0.2, 0.25) is 0 Å². The second kappa shape index (κ2) is 7.43. The topological polar surface area (TPSA) is 32.3 Å². The molecule has 21 heavy (non-hydrogen) atoms. The first kappa shape index (κ1) is 15.8. The van der Waals surface area contributed by atoms with Crippen molar-refractivity contribution in [2.75, 3.05) is 6.54 Å². The third kappa shape index (κ3) is 4.19. The largest absolute Gasteiger partial charge is 0.508 e. The Labute approximate surface area is 129 Å². The highest BCUT2D eigenvalue weighted by molar-refractivity contribution is 6.30. The second-order valence-corrected chi connectivity index (χ2v) is 5.43. The molecular formula is C17H19ClFNO. The van der Waals surface area contributed by atoms with E-state index in [0.29, 0.717) is 12.0 Å². The third-order valence-electron chi connectivity index (χ3n) is 3.37. The van der Waals surface area contributed by atoms with Crippen LogP contribution < -0.4 is 5.32 Å². The number of halogens is 2. The monoisotopic (exact) mass is 307 g/mol. The van der Waals surface area contributed by atoms with Gasteiger partial charge in [-0.05, 0) is 43.1 Å². The number of aromatic hydroxyl groups is 1. The van der Waals surface area contributed by atoms with E-state index >= 15 is 0 Å². The van der Waals surface area contributed by atoms with Gasteiger partial charge in [0, 0.05) is 11.6 Å². The van der Waals surface area contributed by atoms with Crippen LogP contribution in [0.1, 0.15) is 30.5 Å². The van der Waals surface area contributed by atoms with E-state index in [0.717, 1.165) is 18.5 Å². The van der Waals surface area contributed by atoms with Crippen LogP contribution in [0.3, 0.4) is 0 Å². The van der Waals surface area contributed by atoms with Gasteiger partial charge in [-0.15, -0.1) is 0 Å². The molecule has 0 aromatic heterocycles. The first-order chi connectivity index (χ1) is 10.1. The second-order valence-electron chi connectivity index (χ2n) is 5.02. The first-order valence-corrected chi connectivity index (χ1v) is 7.44. The van der Waals surface area contributed by atoms with E-state index < -0.39 is 0 Å². The summed E-state index contributed by atoms with van der Waals surface area (Å²) in [4.78, 5) is 0. The Hall–Kier alpha value is -1.58. The summed E-state index contributed by atoms with van der Waals surface area (Å²) in [6.07, 6.45) is 1.60. The van der Waals surface area contributed by atoms with Crippen LogP contribution in [0.25, 0.3) is 0 Å². The van der Waals surface area contributed by atoms with Gasteiger partial charge in [-0.2, -0.15) is 0 Å². The molecule has 2 aromatic carbocycles. The van der Waals surface area contributed by atoms with Crippen molar-refractivity contribution in [1.82, 2.24) is 5.32 Å². The van der Waals surface area contributed by atoms with Crippen LogP contribution in [-0.2, 0) is 6.42 Å². The molecule has 2 rings (SSSR count). The molecule has 0 aliphatic rings. The number of benzene rings is 2. The molecule has 0 saturated carbocycles. The molecule has 4 heteroatoms. The van der Waals surface area contributed by atoms with Gasteiger partial charge >= 0.3 is 0 Å². The highest BCUT2D eigenvalue weighted by atomic mass is 35.5. The zero-order chi connectivity index (χ0) is 15.2. The number of hydrogen-bond acceptors (Lipinski definition) is 2. The van der Waals surface area contributed by atoms with E-state index in [1.807, 2.05) is 12.1 Å². The summed E-state index contributed by atoms with van der Waals surface area (Å²) >= 11 is 5.88. The van der Waals surface area contributed by atoms with Crippen LogP contribution >= 0.6 is 11.6 Å². The van der Waals surface area contributed by atoms with Crippen molar-refractivity contribution >= 4 is 11.6 Å². The maximum absolute atomic E-state index is 14.2. The summed E-state index contributed by atoms with van der Waals surface area (Å²) in [5, 5.41) is 12.8. The average Bonchev–Trinajstić information content (AvgIpc) is 2.48. The fourth-order valence-electron chi connectivity index (χ4n) is 2.27. The standard InChI is InChI=1S/C17H19ClFNO/c1-2-10-20-16(11-12-6-8-13(21)9-7-12)14-4-3-5-15(18)17(14)19/h3-9,16,20-21H,2,10-11H2,1H3. The van der Waals surface area contributed by atoms with E-state index in [2.05, 4.69) is 12.2 Å². The molecule has 0 saturated heterocycles. The highest BCUT2D eigenvalue weighted by Gasteiger charge is 2.17. The van der Waals surface area contributed by atoms with E-state index in [9.17, 15) is 9.50 Å². The number of phenols is 1. The Morgan fingerprint density at radius 1 is 1.19 bits per heavy atom. The van der Waals surface area contributed by atoms with E-state index in [1.165, 1.54) is 0 Å². The molecule has 1 unspecified atom stereocenters. The molecule has 0 bridgehead atoms. The Bertz CT molecular complexity index is 586. The zero-order valence-electron chi connectivity index (χ0n) is 11.9. The van der Waals surface area contributed by atoms with Gasteiger partial charge in [-0.1, -0.05) is 42.8 Å². The predicted molar refractivity (Wildman–Crippen MR) is 84.3 cm³/mol. The minimum atomic E-state index is -0.369. The lowest BCUT2D eigenvalue weighted by molar-refractivity contribution is 0.473. The summed E-state index contributed by atoms with van der Waals surface area (Å²) < 4.78 is 14.2. The van der Waals surface area contributed by atoms with Crippen molar-refractivity contribution in [3.05, 3.63) is 64.4 Å². The maximum Gasteiger partial charge on any atom is 0.146 e. The number of rotatable bonds is 6. The van der Waals surface area contributed by atoms with Gasteiger partial charge in [0.15, 0.2) is 0 Å². The Balaban J connectivity index is 2.25. The highest BCUT2D eigenvalue weighted by Crippen LogP contribution is 2.26.